The highest BCUT2D eigenvalue weighted by molar-refractivity contribution is 6.00. The lowest BCUT2D eigenvalue weighted by Crippen LogP contribution is -2.38. The first-order chi connectivity index (χ1) is 14.4. The van der Waals surface area contributed by atoms with Gasteiger partial charge in [-0.05, 0) is 0 Å². The summed E-state index contributed by atoms with van der Waals surface area (Å²) >= 11 is 0. The number of nitrogens with two attached hydrogens (primary N) is 2. The van der Waals surface area contributed by atoms with Gasteiger partial charge < -0.3 is 40.3 Å². The Balaban J connectivity index is 3.14. The molecule has 0 bridgehead atoms. The lowest BCUT2D eigenvalue weighted by molar-refractivity contribution is -0.108. The van der Waals surface area contributed by atoms with Crippen molar-refractivity contribution in [3.8, 4) is 0 Å². The lowest BCUT2D eigenvalue weighted by atomic mass is 10.2. The van der Waals surface area contributed by atoms with Crippen LogP contribution in [0.5, 0.6) is 0 Å². The second-order valence-electron chi connectivity index (χ2n) is 6.21. The van der Waals surface area contributed by atoms with Crippen LogP contribution in [0.4, 0.5) is 11.6 Å². The average molecular weight is 426 g/mol. The molecule has 12 heteroatoms. The molecule has 30 heavy (non-hydrogen) atoms. The zero-order chi connectivity index (χ0) is 22.5. The molecule has 4 N–H and O–H groups in total. The maximum Gasteiger partial charge on any atom is 0.276 e. The van der Waals surface area contributed by atoms with Crippen molar-refractivity contribution in [1.29, 1.82) is 0 Å². The summed E-state index contributed by atoms with van der Waals surface area (Å²) in [4.78, 5) is 47.3. The SMILES string of the molecule is COCCN(CCC=O)C(=O)c1nc(N)c(C(=O)N(CCOC)CCOC)nc1N. The standard InChI is InChI=1S/C18H30N6O6/c1-28-10-6-23(5-4-9-25)17(26)13-15(19)22-14(16(20)21-13)18(27)24(7-11-29-2)8-12-30-3/h9H,4-8,10-12H2,1-3H3,(H2,19,22)(H2,20,21). The number of methoxy groups -OCH3 is 3. The summed E-state index contributed by atoms with van der Waals surface area (Å²) in [6.45, 7) is 1.84. The van der Waals surface area contributed by atoms with Gasteiger partial charge in [-0.3, -0.25) is 9.59 Å². The molecule has 0 saturated heterocycles. The molecule has 0 fully saturated rings. The van der Waals surface area contributed by atoms with Crippen molar-refractivity contribution >= 4 is 29.7 Å². The number of aromatic nitrogens is 2. The zero-order valence-corrected chi connectivity index (χ0v) is 17.6. The van der Waals surface area contributed by atoms with Gasteiger partial charge in [0, 0.05) is 53.9 Å². The number of nitrogens with zero attached hydrogens (tertiary/aromatic N) is 4. The van der Waals surface area contributed by atoms with E-state index in [4.69, 9.17) is 25.7 Å². The highest BCUT2D eigenvalue weighted by Crippen LogP contribution is 2.17. The van der Waals surface area contributed by atoms with Gasteiger partial charge in [0.25, 0.3) is 11.8 Å². The van der Waals surface area contributed by atoms with E-state index in [-0.39, 0.29) is 62.2 Å². The summed E-state index contributed by atoms with van der Waals surface area (Å²) in [7, 11) is 4.53. The van der Waals surface area contributed by atoms with Gasteiger partial charge in [0.05, 0.1) is 19.8 Å². The van der Waals surface area contributed by atoms with E-state index in [1.807, 2.05) is 0 Å². The van der Waals surface area contributed by atoms with Gasteiger partial charge in [0.1, 0.15) is 6.29 Å². The molecule has 12 nitrogen and oxygen atoms in total. The molecule has 0 aliphatic rings. The molecule has 0 unspecified atom stereocenters. The summed E-state index contributed by atoms with van der Waals surface area (Å²) in [5.41, 5.74) is 11.5. The fraction of sp³-hybridized carbons (Fsp3) is 0.611. The third kappa shape index (κ3) is 7.21. The maximum atomic E-state index is 12.9. The van der Waals surface area contributed by atoms with Crippen molar-refractivity contribution in [3.63, 3.8) is 0 Å². The van der Waals surface area contributed by atoms with Crippen molar-refractivity contribution in [2.45, 2.75) is 6.42 Å². The Labute approximate surface area is 175 Å². The number of hydrogen-bond acceptors (Lipinski definition) is 10. The highest BCUT2D eigenvalue weighted by atomic mass is 16.5. The molecule has 168 valence electrons. The molecule has 1 rings (SSSR count). The topological polar surface area (TPSA) is 163 Å². The lowest BCUT2D eigenvalue weighted by Gasteiger charge is -2.23. The van der Waals surface area contributed by atoms with E-state index in [0.29, 0.717) is 19.5 Å². The van der Waals surface area contributed by atoms with E-state index in [9.17, 15) is 14.4 Å². The monoisotopic (exact) mass is 426 g/mol. The Morgan fingerprint density at radius 1 is 0.800 bits per heavy atom. The Morgan fingerprint density at radius 2 is 1.17 bits per heavy atom. The van der Waals surface area contributed by atoms with Crippen molar-refractivity contribution in [2.24, 2.45) is 0 Å². The van der Waals surface area contributed by atoms with Crippen molar-refractivity contribution in [3.05, 3.63) is 11.4 Å². The van der Waals surface area contributed by atoms with Crippen LogP contribution in [-0.4, -0.2) is 105 Å². The molecule has 0 aliphatic heterocycles. The molecular weight excluding hydrogens is 396 g/mol. The van der Waals surface area contributed by atoms with Gasteiger partial charge in [-0.15, -0.1) is 0 Å². The molecule has 1 heterocycles. The minimum atomic E-state index is -0.555. The van der Waals surface area contributed by atoms with E-state index in [1.54, 1.807) is 0 Å². The number of aldehydes is 1. The largest absolute Gasteiger partial charge is 0.383 e. The van der Waals surface area contributed by atoms with Gasteiger partial charge >= 0.3 is 0 Å². The molecule has 1 aromatic rings. The van der Waals surface area contributed by atoms with Crippen LogP contribution in [0.2, 0.25) is 0 Å². The average Bonchev–Trinajstić information content (AvgIpc) is 2.74. The Kier molecular flexibility index (Phi) is 11.3. The molecule has 1 aromatic heterocycles. The first kappa shape index (κ1) is 25.2. The van der Waals surface area contributed by atoms with Crippen molar-refractivity contribution < 1.29 is 28.6 Å². The zero-order valence-electron chi connectivity index (χ0n) is 17.6. The van der Waals surface area contributed by atoms with Crippen LogP contribution in [-0.2, 0) is 19.0 Å². The Bertz CT molecular complexity index is 709. The van der Waals surface area contributed by atoms with E-state index in [1.165, 1.54) is 31.1 Å². The van der Waals surface area contributed by atoms with E-state index in [2.05, 4.69) is 9.97 Å². The van der Waals surface area contributed by atoms with Crippen LogP contribution < -0.4 is 11.5 Å². The van der Waals surface area contributed by atoms with Crippen LogP contribution in [0.3, 0.4) is 0 Å². The second-order valence-corrected chi connectivity index (χ2v) is 6.21. The molecule has 0 spiro atoms. The summed E-state index contributed by atoms with van der Waals surface area (Å²) in [6.07, 6.45) is 0.843. The van der Waals surface area contributed by atoms with Crippen LogP contribution in [0.15, 0.2) is 0 Å². The maximum absolute atomic E-state index is 12.9. The van der Waals surface area contributed by atoms with E-state index in [0.717, 1.165) is 0 Å². The van der Waals surface area contributed by atoms with Crippen molar-refractivity contribution in [2.75, 3.05) is 78.8 Å². The third-order valence-corrected chi connectivity index (χ3v) is 4.14. The molecular formula is C18H30N6O6. The fourth-order valence-corrected chi connectivity index (χ4v) is 2.52. The minimum Gasteiger partial charge on any atom is -0.383 e. The molecule has 0 saturated carbocycles. The van der Waals surface area contributed by atoms with Gasteiger partial charge in [0.2, 0.25) is 0 Å². The van der Waals surface area contributed by atoms with E-state index >= 15 is 0 Å². The smallest absolute Gasteiger partial charge is 0.276 e. The van der Waals surface area contributed by atoms with Crippen LogP contribution >= 0.6 is 0 Å². The molecule has 0 radical (unpaired) electrons. The first-order valence-corrected chi connectivity index (χ1v) is 9.33. The molecule has 0 aliphatic carbocycles. The van der Waals surface area contributed by atoms with Gasteiger partial charge in [-0.2, -0.15) is 0 Å². The molecule has 2 amide bonds. The summed E-state index contributed by atoms with van der Waals surface area (Å²) < 4.78 is 15.0. The Hall–Kier alpha value is -2.83. The van der Waals surface area contributed by atoms with Gasteiger partial charge in [-0.25, -0.2) is 9.97 Å². The molecule has 0 aromatic carbocycles. The number of nitrogen functional groups attached to an aromatic ring is 2. The van der Waals surface area contributed by atoms with Gasteiger partial charge in [-0.1, -0.05) is 0 Å². The quantitative estimate of drug-likeness (QED) is 0.355. The normalized spacial score (nSPS) is 10.6. The predicted molar refractivity (Wildman–Crippen MR) is 109 cm³/mol. The Morgan fingerprint density at radius 3 is 1.50 bits per heavy atom. The van der Waals surface area contributed by atoms with Crippen LogP contribution in [0.1, 0.15) is 27.4 Å². The molecule has 0 atom stereocenters. The number of hydrogen-bond donors (Lipinski definition) is 2. The fourth-order valence-electron chi connectivity index (χ4n) is 2.52. The summed E-state index contributed by atoms with van der Waals surface area (Å²) in [5, 5.41) is 0. The number of amides is 2. The predicted octanol–water partition coefficient (Wildman–Crippen LogP) is -0.946. The number of anilines is 2. The van der Waals surface area contributed by atoms with Crippen molar-refractivity contribution in [1.82, 2.24) is 19.8 Å². The summed E-state index contributed by atoms with van der Waals surface area (Å²) in [6, 6.07) is 0. The highest BCUT2D eigenvalue weighted by Gasteiger charge is 2.26. The number of rotatable bonds is 14. The van der Waals surface area contributed by atoms with Gasteiger partial charge in [0.15, 0.2) is 23.0 Å². The number of ether oxygens (including phenoxy) is 3. The first-order valence-electron chi connectivity index (χ1n) is 9.33. The van der Waals surface area contributed by atoms with E-state index < -0.39 is 11.8 Å². The van der Waals surface area contributed by atoms with Crippen LogP contribution in [0.25, 0.3) is 0 Å². The summed E-state index contributed by atoms with van der Waals surface area (Å²) in [5.74, 6) is -1.51. The third-order valence-electron chi connectivity index (χ3n) is 4.14. The number of carbonyl (C=O) groups excluding carboxylic acids is 3. The minimum absolute atomic E-state index is 0.142. The van der Waals surface area contributed by atoms with Crippen LogP contribution in [0, 0.1) is 0 Å². The number of carbonyl (C=O) groups is 3. The second kappa shape index (κ2) is 13.4.